The highest BCUT2D eigenvalue weighted by atomic mass is 32.1. The normalized spacial score (nSPS) is 13.4. The Labute approximate surface area is 229 Å². The molecular weight excluding hydrogens is 516 g/mol. The van der Waals surface area contributed by atoms with Crippen molar-refractivity contribution in [3.05, 3.63) is 71.1 Å². The van der Waals surface area contributed by atoms with Crippen LogP contribution in [-0.4, -0.2) is 70.6 Å². The fourth-order valence-corrected chi connectivity index (χ4v) is 5.45. The summed E-state index contributed by atoms with van der Waals surface area (Å²) in [6.07, 6.45) is -0.441. The van der Waals surface area contributed by atoms with Crippen LogP contribution in [-0.2, 0) is 11.2 Å². The molecule has 5 rings (SSSR count). The molecule has 0 saturated carbocycles. The number of anilines is 2. The summed E-state index contributed by atoms with van der Waals surface area (Å²) in [5, 5.41) is 14.3. The maximum atomic E-state index is 13.2. The van der Waals surface area contributed by atoms with Crippen molar-refractivity contribution in [1.29, 1.82) is 0 Å². The summed E-state index contributed by atoms with van der Waals surface area (Å²) in [4.78, 5) is 51.1. The Morgan fingerprint density at radius 3 is 2.31 bits per heavy atom. The zero-order valence-corrected chi connectivity index (χ0v) is 22.2. The fourth-order valence-electron chi connectivity index (χ4n) is 4.49. The molecule has 2 aromatic carbocycles. The molecular formula is C28H28N6O4S. The van der Waals surface area contributed by atoms with Crippen LogP contribution in [0.2, 0.25) is 0 Å². The van der Waals surface area contributed by atoms with Crippen molar-refractivity contribution in [3.63, 3.8) is 0 Å². The lowest BCUT2D eigenvalue weighted by Crippen LogP contribution is -2.49. The van der Waals surface area contributed by atoms with Crippen LogP contribution in [0.4, 0.5) is 16.6 Å². The molecule has 11 heteroatoms. The number of hydrogen-bond donors (Lipinski definition) is 3. The molecule has 3 heterocycles. The number of thiophene rings is 1. The van der Waals surface area contributed by atoms with E-state index in [1.54, 1.807) is 0 Å². The number of aryl methyl sites for hydroxylation is 1. The van der Waals surface area contributed by atoms with Gasteiger partial charge in [-0.15, -0.1) is 11.3 Å². The Morgan fingerprint density at radius 1 is 0.949 bits per heavy atom. The lowest BCUT2D eigenvalue weighted by molar-refractivity contribution is -0.115. The summed E-state index contributed by atoms with van der Waals surface area (Å²) in [7, 11) is 0. The topological polar surface area (TPSA) is 128 Å². The smallest absolute Gasteiger partial charge is 0.405 e. The van der Waals surface area contributed by atoms with E-state index in [2.05, 4.69) is 33.2 Å². The Hall–Kier alpha value is -4.51. The molecule has 1 aliphatic heterocycles. The third-order valence-corrected chi connectivity index (χ3v) is 7.70. The molecule has 39 heavy (non-hydrogen) atoms. The number of hydrogen-bond acceptors (Lipinski definition) is 7. The maximum absolute atomic E-state index is 13.2. The molecule has 200 valence electrons. The first kappa shape index (κ1) is 26.1. The highest BCUT2D eigenvalue weighted by Gasteiger charge is 2.25. The fraction of sp³-hybridized carbons (Fsp3) is 0.250. The van der Waals surface area contributed by atoms with Crippen molar-refractivity contribution in [1.82, 2.24) is 20.2 Å². The van der Waals surface area contributed by atoms with Gasteiger partial charge < -0.3 is 20.2 Å². The molecule has 3 amide bonds. The molecule has 4 aromatic rings. The van der Waals surface area contributed by atoms with Gasteiger partial charge >= 0.3 is 6.09 Å². The van der Waals surface area contributed by atoms with Crippen LogP contribution in [0.5, 0.6) is 0 Å². The number of carbonyl (C=O) groups is 3. The summed E-state index contributed by atoms with van der Waals surface area (Å²) >= 11 is 1.53. The number of carboxylic acid groups (broad SMARTS) is 1. The highest BCUT2D eigenvalue weighted by molar-refractivity contribution is 7.18. The van der Waals surface area contributed by atoms with Crippen LogP contribution in [0, 0.1) is 0 Å². The van der Waals surface area contributed by atoms with Gasteiger partial charge in [-0.25, -0.2) is 9.78 Å². The largest absolute Gasteiger partial charge is 0.465 e. The number of nitrogens with zero attached hydrogens (tertiary/aromatic N) is 4. The highest BCUT2D eigenvalue weighted by Crippen LogP contribution is 2.33. The lowest BCUT2D eigenvalue weighted by atomic mass is 10.0. The summed E-state index contributed by atoms with van der Waals surface area (Å²) in [5.74, 6) is 0.251. The van der Waals surface area contributed by atoms with Crippen LogP contribution >= 0.6 is 11.3 Å². The van der Waals surface area contributed by atoms with Gasteiger partial charge in [0.15, 0.2) is 0 Å². The first-order valence-corrected chi connectivity index (χ1v) is 13.5. The predicted molar refractivity (Wildman–Crippen MR) is 151 cm³/mol. The van der Waals surface area contributed by atoms with Crippen molar-refractivity contribution in [3.8, 4) is 11.1 Å². The average Bonchev–Trinajstić information content (AvgIpc) is 3.39. The molecule has 1 saturated heterocycles. The van der Waals surface area contributed by atoms with Crippen molar-refractivity contribution in [2.45, 2.75) is 13.3 Å². The van der Waals surface area contributed by atoms with Crippen LogP contribution < -0.4 is 15.5 Å². The minimum absolute atomic E-state index is 0.00946. The lowest BCUT2D eigenvalue weighted by Gasteiger charge is -2.35. The second kappa shape index (κ2) is 11.5. The minimum atomic E-state index is -1.28. The van der Waals surface area contributed by atoms with Gasteiger partial charge in [0, 0.05) is 36.6 Å². The maximum Gasteiger partial charge on any atom is 0.405 e. The number of piperazine rings is 1. The van der Waals surface area contributed by atoms with Crippen molar-refractivity contribution >= 4 is 51.2 Å². The second-order valence-electron chi connectivity index (χ2n) is 9.09. The van der Waals surface area contributed by atoms with Crippen LogP contribution in [0.15, 0.2) is 60.7 Å². The minimum Gasteiger partial charge on any atom is -0.465 e. The third-order valence-electron chi connectivity index (χ3n) is 6.53. The number of benzene rings is 2. The van der Waals surface area contributed by atoms with E-state index in [4.69, 9.17) is 5.11 Å². The Morgan fingerprint density at radius 2 is 1.64 bits per heavy atom. The van der Waals surface area contributed by atoms with E-state index in [0.29, 0.717) is 37.6 Å². The molecule has 3 N–H and O–H groups in total. The van der Waals surface area contributed by atoms with Crippen molar-refractivity contribution in [2.75, 3.05) is 42.9 Å². The monoisotopic (exact) mass is 544 g/mol. The summed E-state index contributed by atoms with van der Waals surface area (Å²) < 4.78 is 0. The van der Waals surface area contributed by atoms with E-state index >= 15 is 0 Å². The van der Waals surface area contributed by atoms with Crippen LogP contribution in [0.1, 0.15) is 22.2 Å². The first-order valence-electron chi connectivity index (χ1n) is 12.7. The zero-order valence-electron chi connectivity index (χ0n) is 21.4. The third kappa shape index (κ3) is 5.99. The molecule has 0 atom stereocenters. The predicted octanol–water partition coefficient (Wildman–Crippen LogP) is 4.09. The Bertz CT molecular complexity index is 1500. The number of nitrogens with one attached hydrogen (secondary N) is 2. The number of rotatable bonds is 7. The van der Waals surface area contributed by atoms with E-state index in [-0.39, 0.29) is 11.9 Å². The number of fused-ring (bicyclic) bond motifs is 1. The van der Waals surface area contributed by atoms with Gasteiger partial charge in [-0.1, -0.05) is 49.4 Å². The van der Waals surface area contributed by atoms with E-state index < -0.39 is 18.5 Å². The molecule has 0 unspecified atom stereocenters. The van der Waals surface area contributed by atoms with Gasteiger partial charge in [0.05, 0.1) is 5.39 Å². The molecule has 0 aliphatic carbocycles. The SMILES string of the molecule is CCc1cc2c(N3CCN(C(=O)c4ccc(-c5ccccc5)cc4)CC3)nc(NC(=O)CNC(=O)O)nc2s1. The van der Waals surface area contributed by atoms with Gasteiger partial charge in [-0.2, -0.15) is 4.98 Å². The standard InChI is InChI=1S/C28H28N6O4S/c1-2-21-16-22-24(31-27(32-25(22)39-21)30-23(35)17-29-28(37)38)33-12-14-34(15-13-33)26(36)20-10-8-19(9-11-20)18-6-4-3-5-7-18/h3-11,16,29H,2,12-15,17H2,1H3,(H,37,38)(H,30,31,32,35). The first-order chi connectivity index (χ1) is 18.9. The second-order valence-corrected chi connectivity index (χ2v) is 10.2. The number of amides is 3. The van der Waals surface area contributed by atoms with Crippen molar-refractivity contribution < 1.29 is 19.5 Å². The average molecular weight is 545 g/mol. The molecule has 0 radical (unpaired) electrons. The van der Waals surface area contributed by atoms with Gasteiger partial charge in [0.1, 0.15) is 17.2 Å². The molecule has 0 bridgehead atoms. The van der Waals surface area contributed by atoms with Crippen LogP contribution in [0.3, 0.4) is 0 Å². The van der Waals surface area contributed by atoms with Gasteiger partial charge in [0.25, 0.3) is 5.91 Å². The molecule has 2 aromatic heterocycles. The Balaban J connectivity index is 1.29. The summed E-state index contributed by atoms with van der Waals surface area (Å²) in [6, 6.07) is 19.8. The van der Waals surface area contributed by atoms with E-state index in [0.717, 1.165) is 32.6 Å². The van der Waals surface area contributed by atoms with Crippen molar-refractivity contribution in [2.24, 2.45) is 0 Å². The van der Waals surface area contributed by atoms with Crippen LogP contribution in [0.25, 0.3) is 21.3 Å². The van der Waals surface area contributed by atoms with E-state index in [9.17, 15) is 14.4 Å². The summed E-state index contributed by atoms with van der Waals surface area (Å²) in [6.45, 7) is 3.87. The zero-order chi connectivity index (χ0) is 27.4. The molecule has 0 spiro atoms. The van der Waals surface area contributed by atoms with E-state index in [1.807, 2.05) is 64.8 Å². The molecule has 10 nitrogen and oxygen atoms in total. The number of carbonyl (C=O) groups excluding carboxylic acids is 2. The molecule has 1 fully saturated rings. The van der Waals surface area contributed by atoms with Gasteiger partial charge in [-0.05, 0) is 35.7 Å². The van der Waals surface area contributed by atoms with E-state index in [1.165, 1.54) is 11.3 Å². The summed E-state index contributed by atoms with van der Waals surface area (Å²) in [5.41, 5.74) is 2.82. The van der Waals surface area contributed by atoms with Gasteiger partial charge in [-0.3, -0.25) is 14.9 Å². The van der Waals surface area contributed by atoms with Gasteiger partial charge in [0.2, 0.25) is 11.9 Å². The number of aromatic nitrogens is 2. The Kier molecular flexibility index (Phi) is 7.69. The molecule has 1 aliphatic rings. The quantitative estimate of drug-likeness (QED) is 0.320.